The van der Waals surface area contributed by atoms with E-state index < -0.39 is 29.4 Å². The fourth-order valence-electron chi connectivity index (χ4n) is 2.56. The number of ether oxygens (including phenoxy) is 3. The van der Waals surface area contributed by atoms with Gasteiger partial charge in [-0.15, -0.1) is 0 Å². The molecule has 2 N–H and O–H groups in total. The number of nitrogens with zero attached hydrogens (tertiary/aromatic N) is 1. The van der Waals surface area contributed by atoms with E-state index in [1.165, 1.54) is 0 Å². The average molecular weight is 563 g/mol. The second-order valence-corrected chi connectivity index (χ2v) is 11.2. The number of nitrogens with one attached hydrogen (secondary N) is 2. The van der Waals surface area contributed by atoms with Crippen molar-refractivity contribution >= 4 is 56.9 Å². The van der Waals surface area contributed by atoms with Gasteiger partial charge in [0.25, 0.3) is 0 Å². The Balaban J connectivity index is 2.18. The summed E-state index contributed by atoms with van der Waals surface area (Å²) in [4.78, 5) is 28.8. The van der Waals surface area contributed by atoms with E-state index in [-0.39, 0.29) is 23.3 Å². The predicted molar refractivity (Wildman–Crippen MR) is 133 cm³/mol. The first kappa shape index (κ1) is 27.2. The Morgan fingerprint density at radius 2 is 1.79 bits per heavy atom. The number of halogens is 2. The van der Waals surface area contributed by atoms with Gasteiger partial charge in [-0.3, -0.25) is 5.32 Å². The lowest BCUT2D eigenvalue weighted by Crippen LogP contribution is -2.43. The van der Waals surface area contributed by atoms with Gasteiger partial charge in [-0.25, -0.2) is 14.6 Å². The van der Waals surface area contributed by atoms with Crippen molar-refractivity contribution < 1.29 is 23.8 Å². The monoisotopic (exact) mass is 561 g/mol. The highest BCUT2D eigenvalue weighted by Crippen LogP contribution is 2.32. The molecule has 0 aliphatic heterocycles. The summed E-state index contributed by atoms with van der Waals surface area (Å²) < 4.78 is 17.1. The SMILES string of the molecule is CC(C)(C)OC(=O)Nc1nc(Cl)c(Br)cc1OC[C@H](Cc1ccsc1)NC(=O)OC(C)(C)C. The molecule has 0 saturated heterocycles. The highest BCUT2D eigenvalue weighted by atomic mass is 79.9. The topological polar surface area (TPSA) is 98.8 Å². The number of carbonyl (C=O) groups is 2. The molecule has 2 aromatic heterocycles. The van der Waals surface area contributed by atoms with Gasteiger partial charge in [0.15, 0.2) is 11.6 Å². The molecule has 0 aromatic carbocycles. The number of amides is 2. The summed E-state index contributed by atoms with van der Waals surface area (Å²) in [6, 6.07) is 3.17. The van der Waals surface area contributed by atoms with Crippen LogP contribution in [0.3, 0.4) is 0 Å². The summed E-state index contributed by atoms with van der Waals surface area (Å²) in [7, 11) is 0. The number of alkyl carbamates (subject to hydrolysis) is 1. The van der Waals surface area contributed by atoms with Crippen molar-refractivity contribution in [2.24, 2.45) is 0 Å². The van der Waals surface area contributed by atoms with Gasteiger partial charge in [0.05, 0.1) is 10.5 Å². The number of carbonyl (C=O) groups excluding carboxylic acids is 2. The molecular formula is C22H29BrClN3O5S. The minimum absolute atomic E-state index is 0.0911. The third-order valence-electron chi connectivity index (χ3n) is 3.74. The van der Waals surface area contributed by atoms with Crippen LogP contribution < -0.4 is 15.4 Å². The van der Waals surface area contributed by atoms with E-state index in [1.54, 1.807) is 58.9 Å². The minimum Gasteiger partial charge on any atom is -0.487 e. The van der Waals surface area contributed by atoms with E-state index >= 15 is 0 Å². The van der Waals surface area contributed by atoms with Crippen molar-refractivity contribution in [3.8, 4) is 5.75 Å². The first-order valence-electron chi connectivity index (χ1n) is 10.2. The quantitative estimate of drug-likeness (QED) is 0.378. The molecule has 1 atom stereocenters. The third kappa shape index (κ3) is 10.2. The molecule has 2 rings (SSSR count). The Bertz CT molecular complexity index is 958. The molecule has 11 heteroatoms. The summed E-state index contributed by atoms with van der Waals surface area (Å²) in [5.41, 5.74) is -0.271. The molecule has 0 aliphatic carbocycles. The summed E-state index contributed by atoms with van der Waals surface area (Å²) in [6.45, 7) is 10.7. The van der Waals surface area contributed by atoms with Crippen LogP contribution in [0.2, 0.25) is 5.15 Å². The van der Waals surface area contributed by atoms with E-state index in [2.05, 4.69) is 31.5 Å². The highest BCUT2D eigenvalue weighted by Gasteiger charge is 2.23. The van der Waals surface area contributed by atoms with Crippen LogP contribution in [-0.2, 0) is 15.9 Å². The first-order valence-corrected chi connectivity index (χ1v) is 12.3. The Labute approximate surface area is 211 Å². The molecule has 0 saturated carbocycles. The van der Waals surface area contributed by atoms with Crippen LogP contribution in [0, 0.1) is 0 Å². The van der Waals surface area contributed by atoms with E-state index in [0.29, 0.717) is 10.9 Å². The molecule has 2 aromatic rings. The Morgan fingerprint density at radius 1 is 1.15 bits per heavy atom. The number of hydrogen-bond donors (Lipinski definition) is 2. The molecule has 0 aliphatic rings. The smallest absolute Gasteiger partial charge is 0.413 e. The van der Waals surface area contributed by atoms with Crippen LogP contribution in [0.4, 0.5) is 15.4 Å². The zero-order valence-electron chi connectivity index (χ0n) is 19.5. The molecule has 0 unspecified atom stereocenters. The van der Waals surface area contributed by atoms with Crippen molar-refractivity contribution in [3.63, 3.8) is 0 Å². The van der Waals surface area contributed by atoms with Crippen LogP contribution in [0.25, 0.3) is 0 Å². The maximum absolute atomic E-state index is 12.4. The standard InChI is InChI=1S/C22H29BrClN3O5S/c1-21(2,3)31-19(28)25-14(9-13-7-8-33-12-13)11-30-16-10-15(23)17(24)26-18(16)27-20(29)32-22(4,5)6/h7-8,10,12,14H,9,11H2,1-6H3,(H,25,28)(H,26,27,29)/t14-/m0/s1. The maximum atomic E-state index is 12.4. The van der Waals surface area contributed by atoms with Gasteiger partial charge in [0.1, 0.15) is 23.0 Å². The van der Waals surface area contributed by atoms with Gasteiger partial charge in [-0.05, 0) is 86.3 Å². The van der Waals surface area contributed by atoms with Crippen LogP contribution >= 0.6 is 38.9 Å². The Morgan fingerprint density at radius 3 is 2.36 bits per heavy atom. The van der Waals surface area contributed by atoms with Crippen LogP contribution in [0.1, 0.15) is 47.1 Å². The normalized spacial score (nSPS) is 12.6. The van der Waals surface area contributed by atoms with E-state index in [0.717, 1.165) is 5.56 Å². The van der Waals surface area contributed by atoms with Crippen molar-refractivity contribution in [3.05, 3.63) is 38.1 Å². The molecule has 8 nitrogen and oxygen atoms in total. The highest BCUT2D eigenvalue weighted by molar-refractivity contribution is 9.10. The summed E-state index contributed by atoms with van der Waals surface area (Å²) in [5, 5.41) is 9.52. The van der Waals surface area contributed by atoms with Gasteiger partial charge in [-0.1, -0.05) is 11.6 Å². The minimum atomic E-state index is -0.694. The van der Waals surface area contributed by atoms with E-state index in [4.69, 9.17) is 25.8 Å². The lowest BCUT2D eigenvalue weighted by atomic mass is 10.1. The fourth-order valence-corrected chi connectivity index (χ4v) is 3.68. The summed E-state index contributed by atoms with van der Waals surface area (Å²) >= 11 is 11.0. The van der Waals surface area contributed by atoms with Crippen molar-refractivity contribution in [2.75, 3.05) is 11.9 Å². The maximum Gasteiger partial charge on any atom is 0.413 e. The molecule has 0 radical (unpaired) electrons. The van der Waals surface area contributed by atoms with Gasteiger partial charge in [-0.2, -0.15) is 11.3 Å². The number of aromatic nitrogens is 1. The van der Waals surface area contributed by atoms with Crippen molar-refractivity contribution in [1.82, 2.24) is 10.3 Å². The number of rotatable bonds is 7. The largest absolute Gasteiger partial charge is 0.487 e. The zero-order chi connectivity index (χ0) is 24.8. The summed E-state index contributed by atoms with van der Waals surface area (Å²) in [6.07, 6.45) is -0.714. The van der Waals surface area contributed by atoms with Crippen LogP contribution in [0.15, 0.2) is 27.4 Å². The molecule has 0 spiro atoms. The predicted octanol–water partition coefficient (Wildman–Crippen LogP) is 6.42. The molecule has 182 valence electrons. The number of thiophene rings is 1. The number of hydrogen-bond acceptors (Lipinski definition) is 7. The van der Waals surface area contributed by atoms with Crippen LogP contribution in [0.5, 0.6) is 5.75 Å². The molecular weight excluding hydrogens is 534 g/mol. The number of pyridine rings is 1. The summed E-state index contributed by atoms with van der Waals surface area (Å²) in [5.74, 6) is 0.363. The van der Waals surface area contributed by atoms with Gasteiger partial charge in [0.2, 0.25) is 0 Å². The average Bonchev–Trinajstić information content (AvgIpc) is 3.13. The van der Waals surface area contributed by atoms with Gasteiger partial charge in [0, 0.05) is 6.07 Å². The van der Waals surface area contributed by atoms with Crippen molar-refractivity contribution in [2.45, 2.75) is 65.2 Å². The second-order valence-electron chi connectivity index (χ2n) is 9.22. The molecule has 0 bridgehead atoms. The molecule has 2 amide bonds. The fraction of sp³-hybridized carbons (Fsp3) is 0.500. The molecule has 2 heterocycles. The van der Waals surface area contributed by atoms with E-state index in [9.17, 15) is 9.59 Å². The third-order valence-corrected chi connectivity index (χ3v) is 5.59. The number of anilines is 1. The van der Waals surface area contributed by atoms with Gasteiger partial charge < -0.3 is 19.5 Å². The lowest BCUT2D eigenvalue weighted by Gasteiger charge is -2.24. The second kappa shape index (κ2) is 11.4. The molecule has 0 fully saturated rings. The Hall–Kier alpha value is -2.04. The van der Waals surface area contributed by atoms with Crippen molar-refractivity contribution in [1.29, 1.82) is 0 Å². The van der Waals surface area contributed by atoms with E-state index in [1.807, 2.05) is 16.8 Å². The first-order chi connectivity index (χ1) is 15.2. The van der Waals surface area contributed by atoms with Crippen LogP contribution in [-0.4, -0.2) is 41.0 Å². The van der Waals surface area contributed by atoms with Gasteiger partial charge >= 0.3 is 12.2 Å². The molecule has 33 heavy (non-hydrogen) atoms. The lowest BCUT2D eigenvalue weighted by molar-refractivity contribution is 0.0487. The Kier molecular flexibility index (Phi) is 9.39. The zero-order valence-corrected chi connectivity index (χ0v) is 22.6.